The lowest BCUT2D eigenvalue weighted by molar-refractivity contribution is 0.370. The van der Waals surface area contributed by atoms with Crippen LogP contribution in [0.1, 0.15) is 25.8 Å². The maximum absolute atomic E-state index is 5.57. The maximum Gasteiger partial charge on any atom is 0.0175 e. The van der Waals surface area contributed by atoms with Gasteiger partial charge in [-0.1, -0.05) is 28.1 Å². The number of rotatable bonds is 6. The summed E-state index contributed by atoms with van der Waals surface area (Å²) >= 11 is 3.44. The Hall–Kier alpha value is -0.380. The van der Waals surface area contributed by atoms with Gasteiger partial charge in [-0.2, -0.15) is 0 Å². The summed E-state index contributed by atoms with van der Waals surface area (Å²) in [4.78, 5) is 0. The van der Waals surface area contributed by atoms with E-state index in [9.17, 15) is 0 Å². The summed E-state index contributed by atoms with van der Waals surface area (Å²) in [7, 11) is 0. The van der Waals surface area contributed by atoms with E-state index in [-0.39, 0.29) is 5.54 Å². The molecule has 0 aliphatic heterocycles. The highest BCUT2D eigenvalue weighted by Gasteiger charge is 2.14. The van der Waals surface area contributed by atoms with Gasteiger partial charge in [-0.05, 0) is 57.5 Å². The Morgan fingerprint density at radius 2 is 1.88 bits per heavy atom. The van der Waals surface area contributed by atoms with Gasteiger partial charge in [0.1, 0.15) is 0 Å². The average Bonchev–Trinajstić information content (AvgIpc) is 2.20. The second kappa shape index (κ2) is 6.38. The Kier molecular flexibility index (Phi) is 5.46. The molecule has 2 nitrogen and oxygen atoms in total. The van der Waals surface area contributed by atoms with Crippen LogP contribution in [0.25, 0.3) is 0 Å². The van der Waals surface area contributed by atoms with Gasteiger partial charge in [0.05, 0.1) is 0 Å². The van der Waals surface area contributed by atoms with E-state index in [1.807, 2.05) is 0 Å². The maximum atomic E-state index is 5.57. The predicted molar refractivity (Wildman–Crippen MR) is 73.6 cm³/mol. The minimum Gasteiger partial charge on any atom is -0.330 e. The summed E-state index contributed by atoms with van der Waals surface area (Å²) < 4.78 is 1.13. The highest BCUT2D eigenvalue weighted by molar-refractivity contribution is 9.10. The topological polar surface area (TPSA) is 38.0 Å². The van der Waals surface area contributed by atoms with Crippen LogP contribution in [-0.4, -0.2) is 18.6 Å². The van der Waals surface area contributed by atoms with Gasteiger partial charge in [0.2, 0.25) is 0 Å². The SMILES string of the molecule is CC(C)(CCN)NCCc1ccc(Br)cc1. The van der Waals surface area contributed by atoms with Gasteiger partial charge in [-0.3, -0.25) is 0 Å². The molecule has 1 aromatic rings. The van der Waals surface area contributed by atoms with Crippen molar-refractivity contribution in [3.8, 4) is 0 Å². The van der Waals surface area contributed by atoms with E-state index in [1.54, 1.807) is 0 Å². The number of halogens is 1. The molecule has 0 aromatic heterocycles. The Morgan fingerprint density at radius 1 is 1.25 bits per heavy atom. The summed E-state index contributed by atoms with van der Waals surface area (Å²) in [5.74, 6) is 0. The van der Waals surface area contributed by atoms with E-state index in [0.717, 1.165) is 30.4 Å². The van der Waals surface area contributed by atoms with Gasteiger partial charge in [0, 0.05) is 10.0 Å². The van der Waals surface area contributed by atoms with Crippen LogP contribution in [-0.2, 0) is 6.42 Å². The fourth-order valence-corrected chi connectivity index (χ4v) is 1.91. The summed E-state index contributed by atoms with van der Waals surface area (Å²) in [5, 5.41) is 3.53. The Morgan fingerprint density at radius 3 is 2.44 bits per heavy atom. The summed E-state index contributed by atoms with van der Waals surface area (Å²) in [6.45, 7) is 6.12. The van der Waals surface area contributed by atoms with Crippen molar-refractivity contribution in [3.05, 3.63) is 34.3 Å². The molecule has 0 aliphatic rings. The van der Waals surface area contributed by atoms with E-state index in [4.69, 9.17) is 5.73 Å². The van der Waals surface area contributed by atoms with Crippen LogP contribution in [0.4, 0.5) is 0 Å². The molecular formula is C13H21BrN2. The van der Waals surface area contributed by atoms with E-state index in [0.29, 0.717) is 0 Å². The van der Waals surface area contributed by atoms with E-state index in [2.05, 4.69) is 59.4 Å². The first-order valence-corrected chi connectivity index (χ1v) is 6.52. The third-order valence-corrected chi connectivity index (χ3v) is 3.23. The van der Waals surface area contributed by atoms with Crippen molar-refractivity contribution in [1.29, 1.82) is 0 Å². The van der Waals surface area contributed by atoms with Crippen molar-refractivity contribution in [2.75, 3.05) is 13.1 Å². The van der Waals surface area contributed by atoms with Crippen molar-refractivity contribution in [1.82, 2.24) is 5.32 Å². The number of hydrogen-bond donors (Lipinski definition) is 2. The second-order valence-electron chi connectivity index (χ2n) is 4.73. The lowest BCUT2D eigenvalue weighted by Gasteiger charge is -2.25. The fourth-order valence-electron chi connectivity index (χ4n) is 1.65. The molecule has 0 saturated heterocycles. The molecule has 3 N–H and O–H groups in total. The molecule has 1 rings (SSSR count). The van der Waals surface area contributed by atoms with Gasteiger partial charge in [-0.25, -0.2) is 0 Å². The van der Waals surface area contributed by atoms with Crippen molar-refractivity contribution in [3.63, 3.8) is 0 Å². The zero-order valence-electron chi connectivity index (χ0n) is 10.1. The van der Waals surface area contributed by atoms with Crippen LogP contribution in [0.15, 0.2) is 28.7 Å². The van der Waals surface area contributed by atoms with Crippen LogP contribution in [0.2, 0.25) is 0 Å². The Balaban J connectivity index is 2.32. The van der Waals surface area contributed by atoms with Gasteiger partial charge in [0.15, 0.2) is 0 Å². The van der Waals surface area contributed by atoms with Crippen molar-refractivity contribution in [2.45, 2.75) is 32.2 Å². The number of nitrogens with one attached hydrogen (secondary N) is 1. The molecule has 0 aliphatic carbocycles. The quantitative estimate of drug-likeness (QED) is 0.843. The molecule has 1 aromatic carbocycles. The van der Waals surface area contributed by atoms with Gasteiger partial charge in [0.25, 0.3) is 0 Å². The molecule has 90 valence electrons. The van der Waals surface area contributed by atoms with Crippen LogP contribution in [0.3, 0.4) is 0 Å². The van der Waals surface area contributed by atoms with Gasteiger partial charge >= 0.3 is 0 Å². The van der Waals surface area contributed by atoms with Crippen molar-refractivity contribution < 1.29 is 0 Å². The third-order valence-electron chi connectivity index (χ3n) is 2.70. The first-order valence-electron chi connectivity index (χ1n) is 5.73. The number of hydrogen-bond acceptors (Lipinski definition) is 2. The molecule has 3 heteroatoms. The molecule has 0 heterocycles. The summed E-state index contributed by atoms with van der Waals surface area (Å²) in [6.07, 6.45) is 2.06. The van der Waals surface area contributed by atoms with Crippen LogP contribution in [0, 0.1) is 0 Å². The molecule has 0 fully saturated rings. The normalized spacial score (nSPS) is 11.8. The lowest BCUT2D eigenvalue weighted by Crippen LogP contribution is -2.41. The summed E-state index contributed by atoms with van der Waals surface area (Å²) in [6, 6.07) is 8.48. The highest BCUT2D eigenvalue weighted by atomic mass is 79.9. The van der Waals surface area contributed by atoms with Crippen molar-refractivity contribution in [2.24, 2.45) is 5.73 Å². The minimum absolute atomic E-state index is 0.143. The zero-order valence-corrected chi connectivity index (χ0v) is 11.7. The zero-order chi connectivity index (χ0) is 12.0. The Labute approximate surface area is 107 Å². The number of benzene rings is 1. The van der Waals surface area contributed by atoms with E-state index >= 15 is 0 Å². The molecule has 0 radical (unpaired) electrons. The van der Waals surface area contributed by atoms with E-state index in [1.165, 1.54) is 5.56 Å². The molecule has 0 bridgehead atoms. The van der Waals surface area contributed by atoms with Gasteiger partial charge in [-0.15, -0.1) is 0 Å². The first-order chi connectivity index (χ1) is 7.53. The molecule has 0 spiro atoms. The fraction of sp³-hybridized carbons (Fsp3) is 0.538. The number of nitrogens with two attached hydrogens (primary N) is 1. The molecule has 0 unspecified atom stereocenters. The third kappa shape index (κ3) is 5.10. The monoisotopic (exact) mass is 284 g/mol. The standard InChI is InChI=1S/C13H21BrN2/c1-13(2,8-9-15)16-10-7-11-3-5-12(14)6-4-11/h3-6,16H,7-10,15H2,1-2H3. The minimum atomic E-state index is 0.143. The lowest BCUT2D eigenvalue weighted by atomic mass is 10.0. The van der Waals surface area contributed by atoms with Gasteiger partial charge < -0.3 is 11.1 Å². The molecule has 0 atom stereocenters. The van der Waals surface area contributed by atoms with Crippen LogP contribution >= 0.6 is 15.9 Å². The molecule has 0 saturated carbocycles. The summed E-state index contributed by atoms with van der Waals surface area (Å²) in [5.41, 5.74) is 7.07. The van der Waals surface area contributed by atoms with Crippen LogP contribution < -0.4 is 11.1 Å². The smallest absolute Gasteiger partial charge is 0.0175 e. The largest absolute Gasteiger partial charge is 0.330 e. The molecule has 0 amide bonds. The Bertz CT molecular complexity index is 306. The van der Waals surface area contributed by atoms with Crippen molar-refractivity contribution >= 4 is 15.9 Å². The molecule has 16 heavy (non-hydrogen) atoms. The second-order valence-corrected chi connectivity index (χ2v) is 5.64. The van der Waals surface area contributed by atoms with E-state index < -0.39 is 0 Å². The molecular weight excluding hydrogens is 264 g/mol. The first kappa shape index (κ1) is 13.7. The highest BCUT2D eigenvalue weighted by Crippen LogP contribution is 2.11. The average molecular weight is 285 g/mol. The predicted octanol–water partition coefficient (Wildman–Crippen LogP) is 2.71. The van der Waals surface area contributed by atoms with Crippen LogP contribution in [0.5, 0.6) is 0 Å².